The van der Waals surface area contributed by atoms with Gasteiger partial charge in [-0.3, -0.25) is 4.90 Å². The van der Waals surface area contributed by atoms with Crippen molar-refractivity contribution in [3.8, 4) is 0 Å². The minimum atomic E-state index is 0.251. The van der Waals surface area contributed by atoms with E-state index < -0.39 is 0 Å². The van der Waals surface area contributed by atoms with Crippen molar-refractivity contribution >= 4 is 17.4 Å². The smallest absolute Gasteiger partial charge is 0.129 e. The van der Waals surface area contributed by atoms with Crippen molar-refractivity contribution in [1.29, 1.82) is 0 Å². The molecule has 0 unspecified atom stereocenters. The Kier molecular flexibility index (Phi) is 5.15. The van der Waals surface area contributed by atoms with Gasteiger partial charge in [-0.1, -0.05) is 13.8 Å². The van der Waals surface area contributed by atoms with Gasteiger partial charge in [0.25, 0.3) is 0 Å². The highest BCUT2D eigenvalue weighted by molar-refractivity contribution is 6.17. The maximum absolute atomic E-state index is 6.04. The fourth-order valence-electron chi connectivity index (χ4n) is 2.74. The van der Waals surface area contributed by atoms with E-state index in [1.54, 1.807) is 0 Å². The third kappa shape index (κ3) is 4.10. The summed E-state index contributed by atoms with van der Waals surface area (Å²) in [4.78, 5) is 9.77. The summed E-state index contributed by atoms with van der Waals surface area (Å²) in [6, 6.07) is 4.28. The van der Waals surface area contributed by atoms with Crippen molar-refractivity contribution in [3.05, 3.63) is 23.4 Å². The fourth-order valence-corrected chi connectivity index (χ4v) is 2.89. The molecule has 2 rings (SSSR count). The van der Waals surface area contributed by atoms with Crippen LogP contribution >= 0.6 is 11.6 Å². The van der Waals surface area contributed by atoms with Crippen LogP contribution in [0.5, 0.6) is 0 Å². The lowest BCUT2D eigenvalue weighted by Gasteiger charge is -2.42. The molecule has 0 atom stereocenters. The van der Waals surface area contributed by atoms with Crippen molar-refractivity contribution in [2.45, 2.75) is 52.0 Å². The van der Waals surface area contributed by atoms with Gasteiger partial charge < -0.3 is 4.90 Å². The highest BCUT2D eigenvalue weighted by atomic mass is 35.5. The normalized spacial score (nSPS) is 17.6. The van der Waals surface area contributed by atoms with Crippen molar-refractivity contribution in [2.75, 3.05) is 31.1 Å². The van der Waals surface area contributed by atoms with Gasteiger partial charge in [-0.2, -0.15) is 0 Å². The van der Waals surface area contributed by atoms with Crippen LogP contribution in [0.25, 0.3) is 0 Å². The maximum atomic E-state index is 6.04. The van der Waals surface area contributed by atoms with Crippen molar-refractivity contribution < 1.29 is 0 Å². The van der Waals surface area contributed by atoms with Crippen LogP contribution in [0, 0.1) is 0 Å². The maximum Gasteiger partial charge on any atom is 0.129 e. The average molecular weight is 310 g/mol. The van der Waals surface area contributed by atoms with Gasteiger partial charge in [0.2, 0.25) is 0 Å². The monoisotopic (exact) mass is 309 g/mol. The van der Waals surface area contributed by atoms with Crippen LogP contribution in [-0.4, -0.2) is 41.6 Å². The van der Waals surface area contributed by atoms with E-state index in [1.165, 1.54) is 5.56 Å². The number of nitrogens with zero attached hydrogens (tertiary/aromatic N) is 3. The first kappa shape index (κ1) is 16.6. The summed E-state index contributed by atoms with van der Waals surface area (Å²) in [6.07, 6.45) is 0. The third-order valence-corrected chi connectivity index (χ3v) is 4.50. The summed E-state index contributed by atoms with van der Waals surface area (Å²) < 4.78 is 0. The lowest BCUT2D eigenvalue weighted by Crippen LogP contribution is -2.53. The summed E-state index contributed by atoms with van der Waals surface area (Å²) >= 11 is 6.04. The topological polar surface area (TPSA) is 19.4 Å². The number of piperazine rings is 1. The molecule has 4 heteroatoms. The second-order valence-corrected chi connectivity index (χ2v) is 7.46. The summed E-state index contributed by atoms with van der Waals surface area (Å²) in [7, 11) is 0. The van der Waals surface area contributed by atoms with Crippen LogP contribution < -0.4 is 4.90 Å². The van der Waals surface area contributed by atoms with E-state index in [1.807, 2.05) is 0 Å². The second kappa shape index (κ2) is 6.53. The molecular formula is C17H28ClN3. The van der Waals surface area contributed by atoms with Gasteiger partial charge in [0.05, 0.1) is 0 Å². The van der Waals surface area contributed by atoms with Crippen molar-refractivity contribution in [3.63, 3.8) is 0 Å². The van der Waals surface area contributed by atoms with Crippen LogP contribution in [0.4, 0.5) is 5.82 Å². The molecule has 21 heavy (non-hydrogen) atoms. The lowest BCUT2D eigenvalue weighted by atomic mass is 10.0. The SMILES string of the molecule is CC(C)c1cc(CCl)cc(N2CCN(C(C)(C)C)CC2)n1. The van der Waals surface area contributed by atoms with E-state index in [4.69, 9.17) is 16.6 Å². The molecular weight excluding hydrogens is 282 g/mol. The van der Waals surface area contributed by atoms with Crippen LogP contribution in [0.3, 0.4) is 0 Å². The van der Waals surface area contributed by atoms with E-state index in [0.717, 1.165) is 37.7 Å². The molecule has 2 heterocycles. The van der Waals surface area contributed by atoms with Gasteiger partial charge in [-0.15, -0.1) is 11.6 Å². The number of rotatable bonds is 3. The van der Waals surface area contributed by atoms with Crippen LogP contribution in [0.15, 0.2) is 12.1 Å². The molecule has 1 aliphatic heterocycles. The molecule has 0 N–H and O–H groups in total. The Balaban J connectivity index is 2.14. The molecule has 0 saturated carbocycles. The van der Waals surface area contributed by atoms with Gasteiger partial charge in [0.15, 0.2) is 0 Å². The van der Waals surface area contributed by atoms with E-state index >= 15 is 0 Å². The molecule has 0 radical (unpaired) electrons. The number of pyridine rings is 1. The van der Waals surface area contributed by atoms with Crippen molar-refractivity contribution in [1.82, 2.24) is 9.88 Å². The third-order valence-electron chi connectivity index (χ3n) is 4.19. The van der Waals surface area contributed by atoms with Gasteiger partial charge in [0, 0.05) is 43.3 Å². The predicted octanol–water partition coefficient (Wildman–Crippen LogP) is 3.86. The van der Waals surface area contributed by atoms with E-state index in [-0.39, 0.29) is 5.54 Å². The Morgan fingerprint density at radius 2 is 1.76 bits per heavy atom. The zero-order chi connectivity index (χ0) is 15.6. The number of hydrogen-bond acceptors (Lipinski definition) is 3. The predicted molar refractivity (Wildman–Crippen MR) is 91.4 cm³/mol. The molecule has 0 amide bonds. The van der Waals surface area contributed by atoms with Gasteiger partial charge >= 0.3 is 0 Å². The molecule has 1 aromatic rings. The second-order valence-electron chi connectivity index (χ2n) is 7.19. The number of hydrogen-bond donors (Lipinski definition) is 0. The van der Waals surface area contributed by atoms with Crippen molar-refractivity contribution in [2.24, 2.45) is 0 Å². The molecule has 1 saturated heterocycles. The quantitative estimate of drug-likeness (QED) is 0.790. The van der Waals surface area contributed by atoms with Crippen LogP contribution in [-0.2, 0) is 5.88 Å². The first-order valence-corrected chi connectivity index (χ1v) is 8.41. The minimum Gasteiger partial charge on any atom is -0.354 e. The standard InChI is InChI=1S/C17H28ClN3/c1-13(2)15-10-14(12-18)11-16(19-15)20-6-8-21(9-7-20)17(3,4)5/h10-11,13H,6-9,12H2,1-5H3. The van der Waals surface area contributed by atoms with E-state index in [0.29, 0.717) is 11.8 Å². The minimum absolute atomic E-state index is 0.251. The highest BCUT2D eigenvalue weighted by Gasteiger charge is 2.26. The molecule has 0 aromatic carbocycles. The average Bonchev–Trinajstić information content (AvgIpc) is 2.46. The Bertz CT molecular complexity index is 471. The first-order valence-electron chi connectivity index (χ1n) is 7.88. The summed E-state index contributed by atoms with van der Waals surface area (Å²) in [5.74, 6) is 2.07. The molecule has 3 nitrogen and oxygen atoms in total. The Morgan fingerprint density at radius 1 is 1.14 bits per heavy atom. The highest BCUT2D eigenvalue weighted by Crippen LogP contribution is 2.24. The number of anilines is 1. The summed E-state index contributed by atoms with van der Waals surface area (Å²) in [5, 5.41) is 0. The fraction of sp³-hybridized carbons (Fsp3) is 0.706. The number of halogens is 1. The Labute approximate surface area is 134 Å². The van der Waals surface area contributed by atoms with E-state index in [2.05, 4.69) is 56.6 Å². The number of aromatic nitrogens is 1. The lowest BCUT2D eigenvalue weighted by molar-refractivity contribution is 0.128. The first-order chi connectivity index (χ1) is 9.81. The number of alkyl halides is 1. The zero-order valence-corrected chi connectivity index (χ0v) is 14.7. The molecule has 118 valence electrons. The summed E-state index contributed by atoms with van der Waals surface area (Å²) in [5.41, 5.74) is 2.56. The Hall–Kier alpha value is -0.800. The van der Waals surface area contributed by atoms with Gasteiger partial charge in [-0.05, 0) is 44.4 Å². The summed E-state index contributed by atoms with van der Waals surface area (Å²) in [6.45, 7) is 15.5. The molecule has 1 fully saturated rings. The van der Waals surface area contributed by atoms with Crippen LogP contribution in [0.1, 0.15) is 51.8 Å². The zero-order valence-electron chi connectivity index (χ0n) is 14.0. The van der Waals surface area contributed by atoms with Gasteiger partial charge in [-0.25, -0.2) is 4.98 Å². The van der Waals surface area contributed by atoms with Gasteiger partial charge in [0.1, 0.15) is 5.82 Å². The molecule has 1 aromatic heterocycles. The Morgan fingerprint density at radius 3 is 2.24 bits per heavy atom. The molecule has 1 aliphatic rings. The van der Waals surface area contributed by atoms with Crippen LogP contribution in [0.2, 0.25) is 0 Å². The molecule has 0 aliphatic carbocycles. The largest absolute Gasteiger partial charge is 0.354 e. The molecule has 0 spiro atoms. The van der Waals surface area contributed by atoms with E-state index in [9.17, 15) is 0 Å². The molecule has 0 bridgehead atoms.